The quantitative estimate of drug-likeness (QED) is 0.724. The third kappa shape index (κ3) is 4.10. The molecule has 182 valence electrons. The Bertz CT molecular complexity index is 1100. The number of hydrogen-bond acceptors (Lipinski definition) is 6. The number of carbonyl (C=O) groups excluding carboxylic acids is 2. The van der Waals surface area contributed by atoms with E-state index in [1.54, 1.807) is 29.0 Å². The van der Waals surface area contributed by atoms with Crippen molar-refractivity contribution < 1.29 is 32.0 Å². The molecule has 1 aromatic carbocycles. The standard InChI is InChI=1S/C22H24F3N5O4/c1-33-14-10-29(11-14)21(32)26-16-4-2-3-5-17(16)30-9-13-7-6-12(8-15(13)19(30)31)18-27-20(34-28-18)22(23,24)25/h6-8,14,16-17H,2-5,9-11H2,1H3,(H,26,32)/t16-,17-/m1/s1. The Morgan fingerprint density at radius 3 is 2.71 bits per heavy atom. The van der Waals surface area contributed by atoms with Crippen LogP contribution in [0.3, 0.4) is 0 Å². The minimum Gasteiger partial charge on any atom is -0.378 e. The number of rotatable bonds is 4. The van der Waals surface area contributed by atoms with Gasteiger partial charge < -0.3 is 24.4 Å². The highest BCUT2D eigenvalue weighted by molar-refractivity contribution is 5.99. The zero-order chi connectivity index (χ0) is 24.0. The second-order valence-electron chi connectivity index (χ2n) is 8.90. The van der Waals surface area contributed by atoms with Gasteiger partial charge in [0.1, 0.15) is 0 Å². The van der Waals surface area contributed by atoms with Gasteiger partial charge in [-0.25, -0.2) is 4.79 Å². The number of likely N-dealkylation sites (tertiary alicyclic amines) is 1. The van der Waals surface area contributed by atoms with Crippen LogP contribution in [-0.2, 0) is 17.5 Å². The molecule has 1 saturated heterocycles. The second kappa shape index (κ2) is 8.57. The third-order valence-electron chi connectivity index (χ3n) is 6.78. The maximum atomic E-state index is 13.3. The van der Waals surface area contributed by atoms with E-state index in [9.17, 15) is 22.8 Å². The number of alkyl halides is 3. The van der Waals surface area contributed by atoms with E-state index >= 15 is 0 Å². The highest BCUT2D eigenvalue weighted by atomic mass is 19.4. The van der Waals surface area contributed by atoms with Gasteiger partial charge in [0.2, 0.25) is 5.82 Å². The molecule has 34 heavy (non-hydrogen) atoms. The molecule has 2 atom stereocenters. The summed E-state index contributed by atoms with van der Waals surface area (Å²) in [6.07, 6.45) is -1.25. The molecular weight excluding hydrogens is 455 g/mol. The largest absolute Gasteiger partial charge is 0.471 e. The van der Waals surface area contributed by atoms with Gasteiger partial charge in [-0.2, -0.15) is 18.2 Å². The highest BCUT2D eigenvalue weighted by Gasteiger charge is 2.41. The van der Waals surface area contributed by atoms with Crippen LogP contribution in [0.5, 0.6) is 0 Å². The summed E-state index contributed by atoms with van der Waals surface area (Å²) in [5.74, 6) is -1.88. The number of urea groups is 1. The first-order valence-electron chi connectivity index (χ1n) is 11.2. The monoisotopic (exact) mass is 479 g/mol. The third-order valence-corrected chi connectivity index (χ3v) is 6.78. The first-order valence-corrected chi connectivity index (χ1v) is 11.2. The zero-order valence-electron chi connectivity index (χ0n) is 18.5. The van der Waals surface area contributed by atoms with E-state index < -0.39 is 12.1 Å². The van der Waals surface area contributed by atoms with E-state index in [-0.39, 0.29) is 41.5 Å². The van der Waals surface area contributed by atoms with E-state index in [4.69, 9.17) is 4.74 Å². The lowest BCUT2D eigenvalue weighted by molar-refractivity contribution is -0.159. The molecule has 1 aliphatic carbocycles. The zero-order valence-corrected chi connectivity index (χ0v) is 18.5. The molecular formula is C22H24F3N5O4. The van der Waals surface area contributed by atoms with Crippen LogP contribution in [-0.4, -0.2) is 70.3 Å². The lowest BCUT2D eigenvalue weighted by Gasteiger charge is -2.42. The fraction of sp³-hybridized carbons (Fsp3) is 0.545. The summed E-state index contributed by atoms with van der Waals surface area (Å²) in [6, 6.07) is 4.29. The summed E-state index contributed by atoms with van der Waals surface area (Å²) in [5, 5.41) is 6.50. The van der Waals surface area contributed by atoms with Crippen LogP contribution in [0.1, 0.15) is 47.5 Å². The molecule has 1 N–H and O–H groups in total. The van der Waals surface area contributed by atoms with Gasteiger partial charge in [-0.3, -0.25) is 4.79 Å². The Morgan fingerprint density at radius 1 is 1.24 bits per heavy atom. The van der Waals surface area contributed by atoms with Gasteiger partial charge in [0.25, 0.3) is 5.91 Å². The van der Waals surface area contributed by atoms with Gasteiger partial charge >= 0.3 is 18.1 Å². The van der Waals surface area contributed by atoms with Gasteiger partial charge in [0.15, 0.2) is 0 Å². The number of ether oxygens (including phenoxy) is 1. The number of nitrogens with one attached hydrogen (secondary N) is 1. The maximum Gasteiger partial charge on any atom is 0.471 e. The van der Waals surface area contributed by atoms with Crippen molar-refractivity contribution >= 4 is 11.9 Å². The van der Waals surface area contributed by atoms with Crippen molar-refractivity contribution in [1.29, 1.82) is 0 Å². The number of benzene rings is 1. The normalized spacial score (nSPS) is 23.1. The molecule has 2 aromatic rings. The summed E-state index contributed by atoms with van der Waals surface area (Å²) in [6.45, 7) is 1.46. The van der Waals surface area contributed by atoms with Crippen molar-refractivity contribution in [3.05, 3.63) is 35.2 Å². The average molecular weight is 479 g/mol. The summed E-state index contributed by atoms with van der Waals surface area (Å²) >= 11 is 0. The molecule has 0 spiro atoms. The number of amides is 3. The van der Waals surface area contributed by atoms with Gasteiger partial charge in [-0.05, 0) is 24.5 Å². The Balaban J connectivity index is 1.31. The van der Waals surface area contributed by atoms with E-state index in [0.29, 0.717) is 25.2 Å². The first-order chi connectivity index (χ1) is 16.2. The van der Waals surface area contributed by atoms with Crippen molar-refractivity contribution in [2.24, 2.45) is 0 Å². The van der Waals surface area contributed by atoms with Crippen LogP contribution in [0.4, 0.5) is 18.0 Å². The number of carbonyl (C=O) groups is 2. The fourth-order valence-corrected chi connectivity index (χ4v) is 4.84. The number of hydrogen-bond donors (Lipinski definition) is 1. The molecule has 9 nitrogen and oxygen atoms in total. The summed E-state index contributed by atoms with van der Waals surface area (Å²) in [7, 11) is 1.62. The lowest BCUT2D eigenvalue weighted by atomic mass is 9.89. The van der Waals surface area contributed by atoms with Crippen LogP contribution in [0.2, 0.25) is 0 Å². The van der Waals surface area contributed by atoms with E-state index in [1.807, 2.05) is 0 Å². The summed E-state index contributed by atoms with van der Waals surface area (Å²) in [5.41, 5.74) is 1.44. The summed E-state index contributed by atoms with van der Waals surface area (Å²) < 4.78 is 47.9. The van der Waals surface area contributed by atoms with Crippen molar-refractivity contribution in [3.8, 4) is 11.4 Å². The SMILES string of the molecule is COC1CN(C(=O)N[C@@H]2CCCC[C@H]2N2Cc3ccc(-c4noc(C(F)(F)F)n4)cc3C2=O)C1. The molecule has 5 rings (SSSR count). The Kier molecular flexibility index (Phi) is 5.70. The van der Waals surface area contributed by atoms with Crippen molar-refractivity contribution in [1.82, 2.24) is 25.3 Å². The molecule has 1 saturated carbocycles. The molecule has 1 aromatic heterocycles. The maximum absolute atomic E-state index is 13.3. The van der Waals surface area contributed by atoms with E-state index in [2.05, 4.69) is 20.0 Å². The number of fused-ring (bicyclic) bond motifs is 1. The van der Waals surface area contributed by atoms with Crippen LogP contribution in [0, 0.1) is 0 Å². The Labute approximate surface area is 193 Å². The Morgan fingerprint density at radius 2 is 2.00 bits per heavy atom. The number of halogens is 3. The fourth-order valence-electron chi connectivity index (χ4n) is 4.84. The molecule has 0 unspecified atom stereocenters. The van der Waals surface area contributed by atoms with E-state index in [0.717, 1.165) is 31.2 Å². The van der Waals surface area contributed by atoms with Gasteiger partial charge in [-0.1, -0.05) is 30.1 Å². The minimum absolute atomic E-state index is 0.0585. The molecule has 3 amide bonds. The predicted molar refractivity (Wildman–Crippen MR) is 112 cm³/mol. The van der Waals surface area contributed by atoms with E-state index in [1.165, 1.54) is 6.07 Å². The lowest BCUT2D eigenvalue weighted by Crippen LogP contribution is -2.61. The van der Waals surface area contributed by atoms with Crippen molar-refractivity contribution in [2.75, 3.05) is 20.2 Å². The van der Waals surface area contributed by atoms with Crippen molar-refractivity contribution in [3.63, 3.8) is 0 Å². The molecule has 0 bridgehead atoms. The Hall–Kier alpha value is -3.15. The van der Waals surface area contributed by atoms with Crippen LogP contribution < -0.4 is 5.32 Å². The number of methoxy groups -OCH3 is 1. The predicted octanol–water partition coefficient (Wildman–Crippen LogP) is 3.06. The van der Waals surface area contributed by atoms with Gasteiger partial charge in [0, 0.05) is 24.8 Å². The molecule has 0 radical (unpaired) electrons. The highest BCUT2D eigenvalue weighted by Crippen LogP contribution is 2.34. The molecule has 3 heterocycles. The molecule has 3 aliphatic rings. The topological polar surface area (TPSA) is 101 Å². The molecule has 2 aliphatic heterocycles. The molecule has 12 heteroatoms. The van der Waals surface area contributed by atoms with Crippen molar-refractivity contribution in [2.45, 2.75) is 56.6 Å². The van der Waals surface area contributed by atoms with Gasteiger partial charge in [0.05, 0.1) is 31.3 Å². The van der Waals surface area contributed by atoms with Crippen LogP contribution in [0.15, 0.2) is 22.7 Å². The first kappa shape index (κ1) is 22.6. The number of aromatic nitrogens is 2. The second-order valence-corrected chi connectivity index (χ2v) is 8.90. The smallest absolute Gasteiger partial charge is 0.378 e. The average Bonchev–Trinajstić information content (AvgIpc) is 3.39. The molecule has 2 fully saturated rings. The number of nitrogens with zero attached hydrogens (tertiary/aromatic N) is 4. The summed E-state index contributed by atoms with van der Waals surface area (Å²) in [4.78, 5) is 32.8. The minimum atomic E-state index is -4.74. The van der Waals surface area contributed by atoms with Crippen LogP contribution in [0.25, 0.3) is 11.4 Å². The van der Waals surface area contributed by atoms with Crippen LogP contribution >= 0.6 is 0 Å². The van der Waals surface area contributed by atoms with Gasteiger partial charge in [-0.15, -0.1) is 0 Å².